The Morgan fingerprint density at radius 1 is 1.20 bits per heavy atom. The van der Waals surface area contributed by atoms with Crippen LogP contribution in [0.15, 0.2) is 35.7 Å². The van der Waals surface area contributed by atoms with Crippen LogP contribution in [0.2, 0.25) is 4.34 Å². The Kier molecular flexibility index (Phi) is 5.98. The van der Waals surface area contributed by atoms with Gasteiger partial charge in [0, 0.05) is 11.4 Å². The van der Waals surface area contributed by atoms with E-state index in [1.807, 2.05) is 17.5 Å². The van der Waals surface area contributed by atoms with E-state index >= 15 is 0 Å². The van der Waals surface area contributed by atoms with E-state index < -0.39 is 0 Å². The van der Waals surface area contributed by atoms with Crippen molar-refractivity contribution >= 4 is 46.1 Å². The largest absolute Gasteiger partial charge is 0.497 e. The minimum Gasteiger partial charge on any atom is -0.497 e. The molecule has 1 amide bonds. The van der Waals surface area contributed by atoms with Gasteiger partial charge in [0.15, 0.2) is 5.82 Å². The molecule has 154 valence electrons. The van der Waals surface area contributed by atoms with E-state index in [0.717, 1.165) is 9.88 Å². The van der Waals surface area contributed by atoms with Crippen LogP contribution in [0.25, 0.3) is 21.3 Å². The second kappa shape index (κ2) is 8.82. The molecule has 4 rings (SSSR count). The van der Waals surface area contributed by atoms with Crippen molar-refractivity contribution in [1.29, 1.82) is 0 Å². The molecule has 0 unspecified atom stereocenters. The fraction of sp³-hybridized carbons (Fsp3) is 0.158. The maximum absolute atomic E-state index is 12.4. The van der Waals surface area contributed by atoms with Crippen LogP contribution in [0.5, 0.6) is 11.5 Å². The van der Waals surface area contributed by atoms with E-state index in [1.165, 1.54) is 22.7 Å². The first-order valence-corrected chi connectivity index (χ1v) is 10.8. The minimum absolute atomic E-state index is 0.116. The van der Waals surface area contributed by atoms with Crippen LogP contribution in [-0.4, -0.2) is 40.3 Å². The molecule has 8 nitrogen and oxygen atoms in total. The number of carbonyl (C=O) groups excluding carboxylic acids is 1. The third kappa shape index (κ3) is 4.45. The van der Waals surface area contributed by atoms with Crippen molar-refractivity contribution in [2.75, 3.05) is 19.5 Å². The van der Waals surface area contributed by atoms with Gasteiger partial charge in [-0.05, 0) is 24.3 Å². The van der Waals surface area contributed by atoms with Gasteiger partial charge in [-0.1, -0.05) is 11.6 Å². The number of anilines is 1. The summed E-state index contributed by atoms with van der Waals surface area (Å²) >= 11 is 8.90. The van der Waals surface area contributed by atoms with Crippen LogP contribution in [0, 0.1) is 0 Å². The number of carbonyl (C=O) groups is 1. The molecule has 0 aliphatic rings. The molecule has 11 heteroatoms. The number of aromatic nitrogens is 4. The quantitative estimate of drug-likeness (QED) is 0.420. The predicted molar refractivity (Wildman–Crippen MR) is 118 cm³/mol. The molecule has 0 aliphatic carbocycles. The third-order valence-corrected chi connectivity index (χ3v) is 6.37. The number of nitrogens with zero attached hydrogens (tertiary/aromatic N) is 3. The highest BCUT2D eigenvalue weighted by Gasteiger charge is 2.15. The Labute approximate surface area is 184 Å². The van der Waals surface area contributed by atoms with E-state index in [1.54, 1.807) is 32.4 Å². The topological polar surface area (TPSA) is 102 Å². The highest BCUT2D eigenvalue weighted by molar-refractivity contribution is 7.23. The van der Waals surface area contributed by atoms with Crippen molar-refractivity contribution in [2.45, 2.75) is 6.42 Å². The van der Waals surface area contributed by atoms with E-state index in [2.05, 4.69) is 25.5 Å². The van der Waals surface area contributed by atoms with Gasteiger partial charge in [-0.15, -0.1) is 27.8 Å². The maximum atomic E-state index is 12.4. The lowest BCUT2D eigenvalue weighted by Gasteiger charge is -2.07. The smallest absolute Gasteiger partial charge is 0.249 e. The van der Waals surface area contributed by atoms with Gasteiger partial charge in [-0.25, -0.2) is 4.98 Å². The molecule has 0 spiro atoms. The number of ether oxygens (including phenoxy) is 2. The van der Waals surface area contributed by atoms with Gasteiger partial charge in [0.1, 0.15) is 16.5 Å². The number of hydrogen-bond donors (Lipinski definition) is 2. The lowest BCUT2D eigenvalue weighted by atomic mass is 10.2. The van der Waals surface area contributed by atoms with Crippen LogP contribution in [0.1, 0.15) is 5.69 Å². The number of nitrogens with one attached hydrogen (secondary N) is 2. The summed E-state index contributed by atoms with van der Waals surface area (Å²) in [6.07, 6.45) is 0.116. The number of thiophene rings is 1. The fourth-order valence-electron chi connectivity index (χ4n) is 2.70. The molecule has 0 bridgehead atoms. The van der Waals surface area contributed by atoms with Crippen molar-refractivity contribution in [3.63, 3.8) is 0 Å². The second-order valence-corrected chi connectivity index (χ2v) is 8.62. The molecule has 3 aromatic heterocycles. The Morgan fingerprint density at radius 2 is 2.07 bits per heavy atom. The van der Waals surface area contributed by atoms with Gasteiger partial charge < -0.3 is 9.47 Å². The molecule has 30 heavy (non-hydrogen) atoms. The standard InChI is InChI=1S/C19H16ClN5O3S2/c1-27-11-3-4-12(13(8-11)28-2)17-23-19(25-24-17)22-16(26)7-10-9-29-18(21-10)14-5-6-15(20)30-14/h3-6,8-9H,7H2,1-2H3,(H2,22,23,24,25,26). The van der Waals surface area contributed by atoms with Crippen LogP contribution in [0.4, 0.5) is 5.95 Å². The van der Waals surface area contributed by atoms with E-state index in [0.29, 0.717) is 32.9 Å². The fourth-order valence-corrected chi connectivity index (χ4v) is 4.63. The van der Waals surface area contributed by atoms with Gasteiger partial charge >= 0.3 is 0 Å². The molecule has 0 atom stereocenters. The third-order valence-electron chi connectivity index (χ3n) is 4.08. The highest BCUT2D eigenvalue weighted by atomic mass is 35.5. The zero-order valence-electron chi connectivity index (χ0n) is 15.9. The highest BCUT2D eigenvalue weighted by Crippen LogP contribution is 2.33. The predicted octanol–water partition coefficient (Wildman–Crippen LogP) is 4.51. The first-order chi connectivity index (χ1) is 14.6. The summed E-state index contributed by atoms with van der Waals surface area (Å²) in [4.78, 5) is 22.2. The molecule has 4 aromatic rings. The molecule has 3 heterocycles. The number of thiazole rings is 1. The first-order valence-electron chi connectivity index (χ1n) is 8.70. The van der Waals surface area contributed by atoms with Gasteiger partial charge in [0.2, 0.25) is 11.9 Å². The van der Waals surface area contributed by atoms with Gasteiger partial charge in [0.05, 0.1) is 41.1 Å². The number of aromatic amines is 1. The summed E-state index contributed by atoms with van der Waals surface area (Å²) in [6.45, 7) is 0. The van der Waals surface area contributed by atoms with Crippen molar-refractivity contribution in [1.82, 2.24) is 20.2 Å². The van der Waals surface area contributed by atoms with Crippen LogP contribution >= 0.6 is 34.3 Å². The molecular weight excluding hydrogens is 446 g/mol. The molecule has 0 fully saturated rings. The normalized spacial score (nSPS) is 10.8. The molecule has 0 saturated carbocycles. The summed E-state index contributed by atoms with van der Waals surface area (Å²) in [5, 5.41) is 12.2. The SMILES string of the molecule is COc1ccc(-c2nc(NC(=O)Cc3csc(-c4ccc(Cl)s4)n3)n[nH]2)c(OC)c1. The lowest BCUT2D eigenvalue weighted by molar-refractivity contribution is -0.115. The van der Waals surface area contributed by atoms with Crippen LogP contribution in [-0.2, 0) is 11.2 Å². The number of methoxy groups -OCH3 is 2. The van der Waals surface area contributed by atoms with Crippen molar-refractivity contribution < 1.29 is 14.3 Å². The second-order valence-electron chi connectivity index (χ2n) is 6.05. The van der Waals surface area contributed by atoms with E-state index in [4.69, 9.17) is 21.1 Å². The minimum atomic E-state index is -0.261. The molecule has 2 N–H and O–H groups in total. The molecule has 0 radical (unpaired) electrons. The summed E-state index contributed by atoms with van der Waals surface area (Å²) in [5.41, 5.74) is 1.37. The summed E-state index contributed by atoms with van der Waals surface area (Å²) < 4.78 is 11.3. The van der Waals surface area contributed by atoms with Crippen LogP contribution in [0.3, 0.4) is 0 Å². The molecule has 1 aromatic carbocycles. The number of hydrogen-bond acceptors (Lipinski definition) is 8. The Morgan fingerprint density at radius 3 is 2.80 bits per heavy atom. The van der Waals surface area contributed by atoms with Gasteiger partial charge in [0.25, 0.3) is 0 Å². The lowest BCUT2D eigenvalue weighted by Crippen LogP contribution is -2.15. The Bertz CT molecular complexity index is 1190. The molecule has 0 aliphatic heterocycles. The molecular formula is C19H16ClN5O3S2. The Hall–Kier alpha value is -2.95. The monoisotopic (exact) mass is 461 g/mol. The van der Waals surface area contributed by atoms with Crippen molar-refractivity contribution in [3.8, 4) is 32.8 Å². The zero-order chi connectivity index (χ0) is 21.1. The Balaban J connectivity index is 1.43. The summed E-state index contributed by atoms with van der Waals surface area (Å²) in [6, 6.07) is 9.08. The number of benzene rings is 1. The van der Waals surface area contributed by atoms with Crippen LogP contribution < -0.4 is 14.8 Å². The van der Waals surface area contributed by atoms with E-state index in [9.17, 15) is 4.79 Å². The van der Waals surface area contributed by atoms with Crippen molar-refractivity contribution in [3.05, 3.63) is 45.7 Å². The van der Waals surface area contributed by atoms with E-state index in [-0.39, 0.29) is 18.3 Å². The average molecular weight is 462 g/mol. The zero-order valence-corrected chi connectivity index (χ0v) is 18.3. The number of halogens is 1. The summed E-state index contributed by atoms with van der Waals surface area (Å²) in [5.74, 6) is 1.62. The van der Waals surface area contributed by atoms with Crippen molar-refractivity contribution in [2.24, 2.45) is 0 Å². The molecule has 0 saturated heterocycles. The maximum Gasteiger partial charge on any atom is 0.249 e. The number of H-pyrrole nitrogens is 1. The summed E-state index contributed by atoms with van der Waals surface area (Å²) in [7, 11) is 3.14. The van der Waals surface area contributed by atoms with Gasteiger partial charge in [-0.3, -0.25) is 15.2 Å². The number of rotatable bonds is 7. The van der Waals surface area contributed by atoms with Gasteiger partial charge in [-0.2, -0.15) is 4.98 Å². The average Bonchev–Trinajstić information content (AvgIpc) is 3.49. The number of amides is 1. The first kappa shape index (κ1) is 20.3.